The highest BCUT2D eigenvalue weighted by molar-refractivity contribution is 5.96. The lowest BCUT2D eigenvalue weighted by Crippen LogP contribution is -2.20. The molecule has 6 heteroatoms. The largest absolute Gasteiger partial charge is 0.496 e. The summed E-state index contributed by atoms with van der Waals surface area (Å²) in [5.41, 5.74) is 2.77. The number of nitrogens with one attached hydrogen (secondary N) is 1. The van der Waals surface area contributed by atoms with E-state index in [1.54, 1.807) is 55.6 Å². The molecule has 3 aromatic carbocycles. The van der Waals surface area contributed by atoms with E-state index in [1.165, 1.54) is 12.1 Å². The van der Waals surface area contributed by atoms with E-state index in [9.17, 15) is 9.18 Å². The van der Waals surface area contributed by atoms with Crippen LogP contribution < -0.4 is 14.8 Å². The molecule has 4 aromatic rings. The van der Waals surface area contributed by atoms with E-state index in [0.29, 0.717) is 28.4 Å². The molecule has 0 aliphatic heterocycles. The Kier molecular flexibility index (Phi) is 5.57. The van der Waals surface area contributed by atoms with Crippen LogP contribution in [0.25, 0.3) is 22.2 Å². The van der Waals surface area contributed by atoms with Crippen molar-refractivity contribution in [1.29, 1.82) is 0 Å². The fraction of sp³-hybridized carbons (Fsp3) is 0.0833. The lowest BCUT2D eigenvalue weighted by molar-refractivity contribution is -0.118. The number of benzene rings is 3. The topological polar surface area (TPSA) is 60.5 Å². The van der Waals surface area contributed by atoms with Crippen molar-refractivity contribution in [3.05, 3.63) is 84.7 Å². The van der Waals surface area contributed by atoms with E-state index in [-0.39, 0.29) is 18.3 Å². The van der Waals surface area contributed by atoms with Crippen LogP contribution in [0.2, 0.25) is 0 Å². The number of rotatable bonds is 6. The molecule has 0 aliphatic rings. The summed E-state index contributed by atoms with van der Waals surface area (Å²) in [6, 6.07) is 22.4. The zero-order valence-corrected chi connectivity index (χ0v) is 16.3. The highest BCUT2D eigenvalue weighted by Gasteiger charge is 2.11. The predicted octanol–water partition coefficient (Wildman–Crippen LogP) is 5.07. The monoisotopic (exact) mass is 402 g/mol. The summed E-state index contributed by atoms with van der Waals surface area (Å²) in [5, 5.41) is 3.57. The van der Waals surface area contributed by atoms with Crippen LogP contribution in [-0.4, -0.2) is 24.6 Å². The van der Waals surface area contributed by atoms with Gasteiger partial charge in [-0.05, 0) is 54.6 Å². The molecule has 0 atom stereocenters. The molecule has 0 unspecified atom stereocenters. The van der Waals surface area contributed by atoms with Gasteiger partial charge in [-0.15, -0.1) is 0 Å². The minimum Gasteiger partial charge on any atom is -0.496 e. The maximum Gasteiger partial charge on any atom is 0.262 e. The molecule has 0 aliphatic carbocycles. The van der Waals surface area contributed by atoms with Crippen LogP contribution in [0.5, 0.6) is 11.5 Å². The minimum atomic E-state index is -0.303. The SMILES string of the molecule is COc1cc(-c2ccc(F)cc2)nc2ccc(NC(=O)COc3ccccc3)cc12. The number of para-hydroxylation sites is 1. The van der Waals surface area contributed by atoms with Crippen molar-refractivity contribution in [2.45, 2.75) is 0 Å². The molecular weight excluding hydrogens is 383 g/mol. The lowest BCUT2D eigenvalue weighted by atomic mass is 10.1. The van der Waals surface area contributed by atoms with E-state index in [2.05, 4.69) is 10.3 Å². The Balaban J connectivity index is 1.55. The normalized spacial score (nSPS) is 10.6. The fourth-order valence-electron chi connectivity index (χ4n) is 3.07. The Bertz CT molecular complexity index is 1180. The van der Waals surface area contributed by atoms with Crippen molar-refractivity contribution in [3.8, 4) is 22.8 Å². The van der Waals surface area contributed by atoms with Crippen molar-refractivity contribution in [2.75, 3.05) is 19.0 Å². The molecule has 1 amide bonds. The third kappa shape index (κ3) is 4.38. The molecule has 30 heavy (non-hydrogen) atoms. The molecule has 0 saturated heterocycles. The molecular formula is C24H19FN2O3. The number of halogens is 1. The summed E-state index contributed by atoms with van der Waals surface area (Å²) in [6.07, 6.45) is 0. The van der Waals surface area contributed by atoms with Crippen LogP contribution in [0.15, 0.2) is 78.9 Å². The number of anilines is 1. The van der Waals surface area contributed by atoms with Crippen LogP contribution in [0.1, 0.15) is 0 Å². The first-order valence-electron chi connectivity index (χ1n) is 9.35. The highest BCUT2D eigenvalue weighted by atomic mass is 19.1. The van der Waals surface area contributed by atoms with Crippen molar-refractivity contribution in [1.82, 2.24) is 4.98 Å². The first-order valence-corrected chi connectivity index (χ1v) is 9.35. The smallest absolute Gasteiger partial charge is 0.262 e. The maximum atomic E-state index is 13.2. The van der Waals surface area contributed by atoms with E-state index < -0.39 is 0 Å². The number of nitrogens with zero attached hydrogens (tertiary/aromatic N) is 1. The Labute approximate surface area is 173 Å². The van der Waals surface area contributed by atoms with Gasteiger partial charge in [0.05, 0.1) is 18.3 Å². The number of carbonyl (C=O) groups excluding carboxylic acids is 1. The summed E-state index contributed by atoms with van der Waals surface area (Å²) in [7, 11) is 1.57. The van der Waals surface area contributed by atoms with E-state index in [4.69, 9.17) is 9.47 Å². The number of hydrogen-bond acceptors (Lipinski definition) is 4. The van der Waals surface area contributed by atoms with E-state index in [1.807, 2.05) is 18.2 Å². The van der Waals surface area contributed by atoms with Crippen molar-refractivity contribution in [2.24, 2.45) is 0 Å². The van der Waals surface area contributed by atoms with Crippen LogP contribution >= 0.6 is 0 Å². The van der Waals surface area contributed by atoms with Crippen LogP contribution in [0.3, 0.4) is 0 Å². The zero-order chi connectivity index (χ0) is 20.9. The maximum absolute atomic E-state index is 13.2. The Morgan fingerprint density at radius 2 is 1.77 bits per heavy atom. The number of aromatic nitrogens is 1. The summed E-state index contributed by atoms with van der Waals surface area (Å²) < 4.78 is 24.2. The minimum absolute atomic E-state index is 0.0963. The number of hydrogen-bond donors (Lipinski definition) is 1. The summed E-state index contributed by atoms with van der Waals surface area (Å²) in [5.74, 6) is 0.664. The zero-order valence-electron chi connectivity index (χ0n) is 16.3. The van der Waals surface area contributed by atoms with Crippen molar-refractivity contribution >= 4 is 22.5 Å². The van der Waals surface area contributed by atoms with Gasteiger partial charge >= 0.3 is 0 Å². The molecule has 1 heterocycles. The molecule has 5 nitrogen and oxygen atoms in total. The third-order valence-electron chi connectivity index (χ3n) is 4.53. The van der Waals surface area contributed by atoms with Crippen LogP contribution in [0, 0.1) is 5.82 Å². The molecule has 0 saturated carbocycles. The molecule has 0 bridgehead atoms. The summed E-state index contributed by atoms with van der Waals surface area (Å²) in [6.45, 7) is -0.0963. The Morgan fingerprint density at radius 1 is 1.00 bits per heavy atom. The van der Waals surface area contributed by atoms with Gasteiger partial charge in [0.25, 0.3) is 5.91 Å². The Morgan fingerprint density at radius 3 is 2.50 bits per heavy atom. The number of carbonyl (C=O) groups is 1. The van der Waals surface area contributed by atoms with Gasteiger partial charge in [0.15, 0.2) is 6.61 Å². The fourth-order valence-corrected chi connectivity index (χ4v) is 3.07. The number of methoxy groups -OCH3 is 1. The molecule has 4 rings (SSSR count). The molecule has 0 fully saturated rings. The molecule has 0 radical (unpaired) electrons. The van der Waals surface area contributed by atoms with Crippen LogP contribution in [0.4, 0.5) is 10.1 Å². The van der Waals surface area contributed by atoms with E-state index in [0.717, 1.165) is 10.9 Å². The van der Waals surface area contributed by atoms with E-state index >= 15 is 0 Å². The quantitative estimate of drug-likeness (QED) is 0.489. The molecule has 1 N–H and O–H groups in total. The summed E-state index contributed by atoms with van der Waals surface area (Å²) >= 11 is 0. The van der Waals surface area contributed by atoms with Gasteiger partial charge in [0, 0.05) is 22.7 Å². The van der Waals surface area contributed by atoms with Gasteiger partial charge in [-0.3, -0.25) is 4.79 Å². The number of amides is 1. The molecule has 150 valence electrons. The second kappa shape index (κ2) is 8.61. The third-order valence-corrected chi connectivity index (χ3v) is 4.53. The number of ether oxygens (including phenoxy) is 2. The Hall–Kier alpha value is -3.93. The van der Waals surface area contributed by atoms with Gasteiger partial charge in [-0.1, -0.05) is 18.2 Å². The highest BCUT2D eigenvalue weighted by Crippen LogP contribution is 2.31. The van der Waals surface area contributed by atoms with Gasteiger partial charge in [-0.25, -0.2) is 9.37 Å². The number of fused-ring (bicyclic) bond motifs is 1. The number of pyridine rings is 1. The first kappa shape index (κ1) is 19.4. The average Bonchev–Trinajstić information content (AvgIpc) is 2.78. The standard InChI is InChI=1S/C24H19FN2O3/c1-29-23-14-22(16-7-9-17(25)10-8-16)27-21-12-11-18(13-20(21)23)26-24(28)15-30-19-5-3-2-4-6-19/h2-14H,15H2,1H3,(H,26,28). The van der Waals surface area contributed by atoms with Crippen molar-refractivity contribution < 1.29 is 18.7 Å². The van der Waals surface area contributed by atoms with Gasteiger partial charge < -0.3 is 14.8 Å². The van der Waals surface area contributed by atoms with Gasteiger partial charge in [0.1, 0.15) is 17.3 Å². The molecule has 1 aromatic heterocycles. The van der Waals surface area contributed by atoms with Gasteiger partial charge in [0.2, 0.25) is 0 Å². The first-order chi connectivity index (χ1) is 14.6. The predicted molar refractivity (Wildman–Crippen MR) is 114 cm³/mol. The second-order valence-corrected chi connectivity index (χ2v) is 6.60. The van der Waals surface area contributed by atoms with Gasteiger partial charge in [-0.2, -0.15) is 0 Å². The van der Waals surface area contributed by atoms with Crippen molar-refractivity contribution in [3.63, 3.8) is 0 Å². The molecule has 0 spiro atoms. The summed E-state index contributed by atoms with van der Waals surface area (Å²) in [4.78, 5) is 16.9. The van der Waals surface area contributed by atoms with Crippen LogP contribution in [-0.2, 0) is 4.79 Å². The lowest BCUT2D eigenvalue weighted by Gasteiger charge is -2.11. The average molecular weight is 402 g/mol. The second-order valence-electron chi connectivity index (χ2n) is 6.60.